The van der Waals surface area contributed by atoms with Crippen molar-refractivity contribution in [2.24, 2.45) is 5.73 Å². The summed E-state index contributed by atoms with van der Waals surface area (Å²) in [6.07, 6.45) is 0. The van der Waals surface area contributed by atoms with Crippen molar-refractivity contribution < 1.29 is 0 Å². The van der Waals surface area contributed by atoms with Crippen molar-refractivity contribution in [2.45, 2.75) is 0 Å². The van der Waals surface area contributed by atoms with E-state index in [1.165, 1.54) is 0 Å². The minimum Gasteiger partial charge on any atom is -0.399 e. The Balaban J connectivity index is 3.05. The number of rotatable bonds is 3. The molecule has 2 heteroatoms. The first-order chi connectivity index (χ1) is 6.15. The smallest absolute Gasteiger partial charge is 0.0338 e. The molecule has 0 heterocycles. The molecule has 3 N–H and O–H groups in total. The first kappa shape index (κ1) is 9.39. The summed E-state index contributed by atoms with van der Waals surface area (Å²) in [6, 6.07) is 7.80. The Bertz CT molecular complexity index is 340. The molecule has 0 saturated heterocycles. The van der Waals surface area contributed by atoms with Crippen molar-refractivity contribution in [2.75, 3.05) is 7.05 Å². The fraction of sp³-hybridized carbons (Fsp3) is 0.0909. The highest BCUT2D eigenvalue weighted by molar-refractivity contribution is 5.68. The van der Waals surface area contributed by atoms with Crippen molar-refractivity contribution in [1.29, 1.82) is 0 Å². The second kappa shape index (κ2) is 3.81. The van der Waals surface area contributed by atoms with Crippen molar-refractivity contribution >= 4 is 11.4 Å². The Kier molecular flexibility index (Phi) is 2.75. The molecule has 0 saturated carbocycles. The topological polar surface area (TPSA) is 38.0 Å². The van der Waals surface area contributed by atoms with Gasteiger partial charge in [-0.05, 0) is 17.2 Å². The maximum Gasteiger partial charge on any atom is 0.0338 e. The highest BCUT2D eigenvalue weighted by Gasteiger charge is 1.98. The van der Waals surface area contributed by atoms with Gasteiger partial charge in [0.25, 0.3) is 0 Å². The van der Waals surface area contributed by atoms with Crippen LogP contribution >= 0.6 is 0 Å². The lowest BCUT2D eigenvalue weighted by molar-refractivity contribution is 1.13. The molecule has 68 valence electrons. The highest BCUT2D eigenvalue weighted by Crippen LogP contribution is 2.14. The van der Waals surface area contributed by atoms with Gasteiger partial charge >= 0.3 is 0 Å². The van der Waals surface area contributed by atoms with Gasteiger partial charge in [-0.2, -0.15) is 0 Å². The molecule has 0 unspecified atom stereocenters. The summed E-state index contributed by atoms with van der Waals surface area (Å²) < 4.78 is 0. The van der Waals surface area contributed by atoms with Crippen LogP contribution in [0.1, 0.15) is 11.1 Å². The van der Waals surface area contributed by atoms with Crippen LogP contribution in [0.25, 0.3) is 11.4 Å². The SMILES string of the molecule is C=C(N)c1cccc(C(=C)NC)c1. The van der Waals surface area contributed by atoms with Crippen molar-refractivity contribution in [3.05, 3.63) is 48.6 Å². The zero-order chi connectivity index (χ0) is 9.84. The van der Waals surface area contributed by atoms with E-state index in [-0.39, 0.29) is 0 Å². The van der Waals surface area contributed by atoms with Gasteiger partial charge in [-0.25, -0.2) is 0 Å². The quantitative estimate of drug-likeness (QED) is 0.733. The van der Waals surface area contributed by atoms with Gasteiger partial charge in [-0.15, -0.1) is 0 Å². The summed E-state index contributed by atoms with van der Waals surface area (Å²) in [6.45, 7) is 7.54. The van der Waals surface area contributed by atoms with Gasteiger partial charge in [0.1, 0.15) is 0 Å². The van der Waals surface area contributed by atoms with Crippen LogP contribution in [0.5, 0.6) is 0 Å². The van der Waals surface area contributed by atoms with Gasteiger partial charge in [-0.3, -0.25) is 0 Å². The average Bonchev–Trinajstić information content (AvgIpc) is 2.17. The summed E-state index contributed by atoms with van der Waals surface area (Å²) >= 11 is 0. The van der Waals surface area contributed by atoms with Gasteiger partial charge in [-0.1, -0.05) is 31.4 Å². The van der Waals surface area contributed by atoms with Crippen LogP contribution in [0.2, 0.25) is 0 Å². The van der Waals surface area contributed by atoms with Crippen LogP contribution in [-0.2, 0) is 0 Å². The number of hydrogen-bond donors (Lipinski definition) is 2. The van der Waals surface area contributed by atoms with Crippen molar-refractivity contribution in [3.8, 4) is 0 Å². The van der Waals surface area contributed by atoms with Crippen LogP contribution in [0, 0.1) is 0 Å². The van der Waals surface area contributed by atoms with E-state index in [1.54, 1.807) is 0 Å². The lowest BCUT2D eigenvalue weighted by Crippen LogP contribution is -2.03. The van der Waals surface area contributed by atoms with Gasteiger partial charge < -0.3 is 11.1 Å². The second-order valence-corrected chi connectivity index (χ2v) is 2.83. The molecule has 1 aromatic rings. The van der Waals surface area contributed by atoms with E-state index < -0.39 is 0 Å². The molecule has 0 bridgehead atoms. The molecular formula is C11H14N2. The molecule has 0 aliphatic heterocycles. The third-order valence-electron chi connectivity index (χ3n) is 1.88. The van der Waals surface area contributed by atoms with E-state index >= 15 is 0 Å². The predicted octanol–water partition coefficient (Wildman–Crippen LogP) is 1.81. The first-order valence-electron chi connectivity index (χ1n) is 4.07. The summed E-state index contributed by atoms with van der Waals surface area (Å²) in [4.78, 5) is 0. The number of nitrogens with two attached hydrogens (primary N) is 1. The molecule has 13 heavy (non-hydrogen) atoms. The Morgan fingerprint density at radius 2 is 1.92 bits per heavy atom. The van der Waals surface area contributed by atoms with Gasteiger partial charge in [0.15, 0.2) is 0 Å². The summed E-state index contributed by atoms with van der Waals surface area (Å²) in [5.41, 5.74) is 9.01. The average molecular weight is 174 g/mol. The molecule has 1 rings (SSSR count). The molecule has 0 radical (unpaired) electrons. The van der Waals surface area contributed by atoms with E-state index in [2.05, 4.69) is 18.5 Å². The van der Waals surface area contributed by atoms with E-state index in [0.29, 0.717) is 5.70 Å². The summed E-state index contributed by atoms with van der Waals surface area (Å²) in [5, 5.41) is 2.98. The van der Waals surface area contributed by atoms with Crippen molar-refractivity contribution in [1.82, 2.24) is 5.32 Å². The fourth-order valence-electron chi connectivity index (χ4n) is 1.05. The maximum atomic E-state index is 5.58. The second-order valence-electron chi connectivity index (χ2n) is 2.83. The highest BCUT2D eigenvalue weighted by atomic mass is 14.8. The third kappa shape index (κ3) is 2.12. The lowest BCUT2D eigenvalue weighted by Gasteiger charge is -2.06. The van der Waals surface area contributed by atoms with Gasteiger partial charge in [0.05, 0.1) is 0 Å². The molecule has 0 atom stereocenters. The molecule has 0 amide bonds. The van der Waals surface area contributed by atoms with Crippen LogP contribution in [0.3, 0.4) is 0 Å². The molecule has 0 aliphatic carbocycles. The van der Waals surface area contributed by atoms with Crippen LogP contribution in [0.4, 0.5) is 0 Å². The van der Waals surface area contributed by atoms with E-state index in [4.69, 9.17) is 5.73 Å². The standard InChI is InChI=1S/C11H14N2/c1-8(12)10-5-4-6-11(7-10)9(2)13-3/h4-7,13H,1-2,12H2,3H3. The van der Waals surface area contributed by atoms with Crippen molar-refractivity contribution in [3.63, 3.8) is 0 Å². The minimum atomic E-state index is 0.575. The van der Waals surface area contributed by atoms with Crippen LogP contribution in [-0.4, -0.2) is 7.05 Å². The molecule has 0 aromatic heterocycles. The molecule has 0 spiro atoms. The molecular weight excluding hydrogens is 160 g/mol. The minimum absolute atomic E-state index is 0.575. The van der Waals surface area contributed by atoms with Crippen LogP contribution in [0.15, 0.2) is 37.4 Å². The van der Waals surface area contributed by atoms with E-state index in [0.717, 1.165) is 16.8 Å². The Morgan fingerprint density at radius 1 is 1.31 bits per heavy atom. The third-order valence-corrected chi connectivity index (χ3v) is 1.88. The largest absolute Gasteiger partial charge is 0.399 e. The zero-order valence-electron chi connectivity index (χ0n) is 7.80. The maximum absolute atomic E-state index is 5.58. The fourth-order valence-corrected chi connectivity index (χ4v) is 1.05. The zero-order valence-corrected chi connectivity index (χ0v) is 7.80. The van der Waals surface area contributed by atoms with Gasteiger partial charge in [0, 0.05) is 18.4 Å². The molecule has 0 fully saturated rings. The van der Waals surface area contributed by atoms with E-state index in [9.17, 15) is 0 Å². The normalized spacial score (nSPS) is 9.31. The first-order valence-corrected chi connectivity index (χ1v) is 4.07. The summed E-state index contributed by atoms with van der Waals surface area (Å²) in [7, 11) is 1.84. The number of nitrogens with one attached hydrogen (secondary N) is 1. The van der Waals surface area contributed by atoms with Gasteiger partial charge in [0.2, 0.25) is 0 Å². The monoisotopic (exact) mass is 174 g/mol. The number of benzene rings is 1. The molecule has 1 aromatic carbocycles. The summed E-state index contributed by atoms with van der Waals surface area (Å²) in [5.74, 6) is 0. The Labute approximate surface area is 78.8 Å². The lowest BCUT2D eigenvalue weighted by atomic mass is 10.1. The molecule has 2 nitrogen and oxygen atoms in total. The predicted molar refractivity (Wildman–Crippen MR) is 57.8 cm³/mol. The van der Waals surface area contributed by atoms with E-state index in [1.807, 2.05) is 31.3 Å². The Hall–Kier alpha value is -1.70. The Morgan fingerprint density at radius 3 is 2.46 bits per heavy atom. The molecule has 0 aliphatic rings. The number of hydrogen-bond acceptors (Lipinski definition) is 2. The van der Waals surface area contributed by atoms with Crippen LogP contribution < -0.4 is 11.1 Å².